The molecule has 0 radical (unpaired) electrons. The zero-order chi connectivity index (χ0) is 15.0. The molecule has 1 aromatic carbocycles. The van der Waals surface area contributed by atoms with Gasteiger partial charge in [0.25, 0.3) is 0 Å². The maximum Gasteiger partial charge on any atom is 0.322 e. The van der Waals surface area contributed by atoms with Crippen LogP contribution in [0.5, 0.6) is 5.75 Å². The minimum absolute atomic E-state index is 0.0816. The first kappa shape index (κ1) is 14.3. The van der Waals surface area contributed by atoms with Gasteiger partial charge in [-0.15, -0.1) is 0 Å². The molecular weight excluding hydrogens is 340 g/mol. The van der Waals surface area contributed by atoms with Crippen molar-refractivity contribution >= 4 is 27.8 Å². The summed E-state index contributed by atoms with van der Waals surface area (Å²) < 4.78 is 6.59. The maximum absolute atomic E-state index is 11.5. The van der Waals surface area contributed by atoms with Crippen LogP contribution in [-0.2, 0) is 22.6 Å². The summed E-state index contributed by atoms with van der Waals surface area (Å²) in [5.41, 5.74) is 2.03. The Balaban J connectivity index is 1.88. The highest BCUT2D eigenvalue weighted by Crippen LogP contribution is 2.34. The van der Waals surface area contributed by atoms with E-state index in [1.165, 1.54) is 0 Å². The first-order valence-electron chi connectivity index (χ1n) is 6.72. The summed E-state index contributed by atoms with van der Waals surface area (Å²) in [5.74, 6) is -0.254. The van der Waals surface area contributed by atoms with Crippen molar-refractivity contribution in [2.45, 2.75) is 19.0 Å². The number of amides is 1. The number of fused-ring (bicyclic) bond motifs is 1. The number of carbonyl (C=O) groups is 2. The molecule has 2 heterocycles. The number of carboxylic acids is 1. The third kappa shape index (κ3) is 2.89. The topological polar surface area (TPSA) is 78.9 Å². The molecule has 0 aliphatic carbocycles. The van der Waals surface area contributed by atoms with Crippen LogP contribution in [0.25, 0.3) is 0 Å². The van der Waals surface area contributed by atoms with Crippen LogP contribution in [0.2, 0.25) is 0 Å². The van der Waals surface area contributed by atoms with E-state index in [0.717, 1.165) is 27.8 Å². The lowest BCUT2D eigenvalue weighted by Crippen LogP contribution is -2.56. The summed E-state index contributed by atoms with van der Waals surface area (Å²) in [6.45, 7) is 1.23. The monoisotopic (exact) mass is 354 g/mol. The number of piperazine rings is 1. The van der Waals surface area contributed by atoms with E-state index < -0.39 is 12.0 Å². The van der Waals surface area contributed by atoms with Crippen LogP contribution in [0.1, 0.15) is 11.1 Å². The van der Waals surface area contributed by atoms with E-state index in [9.17, 15) is 14.7 Å². The van der Waals surface area contributed by atoms with Crippen LogP contribution in [-0.4, -0.2) is 47.6 Å². The molecular formula is C14H15BrN2O4. The van der Waals surface area contributed by atoms with Crippen LogP contribution >= 0.6 is 15.9 Å². The lowest BCUT2D eigenvalue weighted by molar-refractivity contribution is -0.146. The van der Waals surface area contributed by atoms with Crippen LogP contribution in [0, 0.1) is 0 Å². The van der Waals surface area contributed by atoms with Gasteiger partial charge in [-0.2, -0.15) is 0 Å². The highest BCUT2D eigenvalue weighted by atomic mass is 79.9. The predicted octanol–water partition coefficient (Wildman–Crippen LogP) is 0.769. The first-order valence-corrected chi connectivity index (χ1v) is 7.51. The molecule has 1 unspecified atom stereocenters. The molecule has 0 aromatic heterocycles. The van der Waals surface area contributed by atoms with Crippen molar-refractivity contribution in [3.05, 3.63) is 27.7 Å². The first-order chi connectivity index (χ1) is 10.0. The van der Waals surface area contributed by atoms with Gasteiger partial charge in [-0.1, -0.05) is 15.9 Å². The van der Waals surface area contributed by atoms with Gasteiger partial charge in [0, 0.05) is 29.5 Å². The van der Waals surface area contributed by atoms with Gasteiger partial charge in [-0.05, 0) is 17.7 Å². The molecule has 21 heavy (non-hydrogen) atoms. The molecule has 1 atom stereocenters. The van der Waals surface area contributed by atoms with E-state index in [2.05, 4.69) is 21.2 Å². The zero-order valence-electron chi connectivity index (χ0n) is 11.3. The Labute approximate surface area is 130 Å². The number of nitrogens with zero attached hydrogens (tertiary/aromatic N) is 1. The maximum atomic E-state index is 11.5. The number of ether oxygens (including phenoxy) is 1. The number of rotatable bonds is 3. The molecule has 2 aliphatic rings. The molecule has 1 aromatic rings. The minimum Gasteiger partial charge on any atom is -0.493 e. The second-order valence-corrected chi connectivity index (χ2v) is 6.13. The molecule has 3 rings (SSSR count). The van der Waals surface area contributed by atoms with E-state index in [1.807, 2.05) is 12.1 Å². The Morgan fingerprint density at radius 1 is 1.52 bits per heavy atom. The van der Waals surface area contributed by atoms with Crippen molar-refractivity contribution < 1.29 is 19.4 Å². The minimum atomic E-state index is -0.928. The van der Waals surface area contributed by atoms with Gasteiger partial charge in [-0.3, -0.25) is 14.5 Å². The summed E-state index contributed by atoms with van der Waals surface area (Å²) in [4.78, 5) is 24.5. The fourth-order valence-corrected chi connectivity index (χ4v) is 3.33. The molecule has 1 saturated heterocycles. The summed E-state index contributed by atoms with van der Waals surface area (Å²) in [5, 5.41) is 11.9. The Kier molecular flexibility index (Phi) is 3.86. The summed E-state index contributed by atoms with van der Waals surface area (Å²) in [6, 6.07) is 3.23. The number of benzene rings is 1. The molecule has 6 nitrogen and oxygen atoms in total. The van der Waals surface area contributed by atoms with E-state index in [0.29, 0.717) is 13.2 Å². The quantitative estimate of drug-likeness (QED) is 0.838. The predicted molar refractivity (Wildman–Crippen MR) is 78.2 cm³/mol. The average molecular weight is 355 g/mol. The Morgan fingerprint density at radius 3 is 3.10 bits per heavy atom. The Hall–Kier alpha value is -1.60. The molecule has 112 valence electrons. The lowest BCUT2D eigenvalue weighted by Gasteiger charge is -2.32. The van der Waals surface area contributed by atoms with Gasteiger partial charge in [0.1, 0.15) is 11.8 Å². The average Bonchev–Trinajstić information content (AvgIpc) is 2.86. The normalized spacial score (nSPS) is 21.6. The second kappa shape index (κ2) is 5.65. The fourth-order valence-electron chi connectivity index (χ4n) is 2.78. The number of aliphatic carboxylic acids is 1. The molecule has 2 aliphatic heterocycles. The smallest absolute Gasteiger partial charge is 0.322 e. The van der Waals surface area contributed by atoms with Crippen molar-refractivity contribution in [1.29, 1.82) is 0 Å². The standard InChI is InChI=1S/C14H15BrN2O4/c15-10-3-8-1-2-21-13(8)9(4-10)6-17-7-12(18)16-5-11(17)14(19)20/h3-4,11H,1-2,5-7H2,(H,16,18)(H,19,20). The van der Waals surface area contributed by atoms with E-state index >= 15 is 0 Å². The molecule has 0 saturated carbocycles. The lowest BCUT2D eigenvalue weighted by atomic mass is 10.1. The number of hydrogen-bond donors (Lipinski definition) is 2. The SMILES string of the molecule is O=C1CN(Cc2cc(Br)cc3c2OCC3)C(C(=O)O)CN1. The molecule has 1 amide bonds. The zero-order valence-corrected chi connectivity index (χ0v) is 12.9. The largest absolute Gasteiger partial charge is 0.493 e. The highest BCUT2D eigenvalue weighted by Gasteiger charge is 2.33. The molecule has 0 spiro atoms. The fraction of sp³-hybridized carbons (Fsp3) is 0.429. The van der Waals surface area contributed by atoms with Crippen molar-refractivity contribution in [2.75, 3.05) is 19.7 Å². The number of halogens is 1. The van der Waals surface area contributed by atoms with Gasteiger partial charge in [0.2, 0.25) is 5.91 Å². The molecule has 2 N–H and O–H groups in total. The summed E-state index contributed by atoms with van der Waals surface area (Å²) >= 11 is 3.47. The van der Waals surface area contributed by atoms with Gasteiger partial charge < -0.3 is 15.2 Å². The third-order valence-electron chi connectivity index (χ3n) is 3.76. The van der Waals surface area contributed by atoms with Crippen LogP contribution in [0.3, 0.4) is 0 Å². The number of nitrogens with one attached hydrogen (secondary N) is 1. The van der Waals surface area contributed by atoms with E-state index in [4.69, 9.17) is 4.74 Å². The molecule has 7 heteroatoms. The van der Waals surface area contributed by atoms with Crippen LogP contribution < -0.4 is 10.1 Å². The number of carbonyl (C=O) groups excluding carboxylic acids is 1. The van der Waals surface area contributed by atoms with Crippen molar-refractivity contribution in [3.63, 3.8) is 0 Å². The van der Waals surface area contributed by atoms with Gasteiger partial charge >= 0.3 is 5.97 Å². The second-order valence-electron chi connectivity index (χ2n) is 5.21. The van der Waals surface area contributed by atoms with Gasteiger partial charge in [0.05, 0.1) is 13.2 Å². The Morgan fingerprint density at radius 2 is 2.33 bits per heavy atom. The van der Waals surface area contributed by atoms with Crippen LogP contribution in [0.15, 0.2) is 16.6 Å². The summed E-state index contributed by atoms with van der Waals surface area (Å²) in [6.07, 6.45) is 0.852. The molecule has 0 bridgehead atoms. The van der Waals surface area contributed by atoms with E-state index in [-0.39, 0.29) is 19.0 Å². The van der Waals surface area contributed by atoms with Gasteiger partial charge in [-0.25, -0.2) is 0 Å². The van der Waals surface area contributed by atoms with Crippen molar-refractivity contribution in [1.82, 2.24) is 10.2 Å². The van der Waals surface area contributed by atoms with Gasteiger partial charge in [0.15, 0.2) is 0 Å². The summed E-state index contributed by atoms with van der Waals surface area (Å²) in [7, 11) is 0. The number of hydrogen-bond acceptors (Lipinski definition) is 4. The third-order valence-corrected chi connectivity index (χ3v) is 4.22. The van der Waals surface area contributed by atoms with Crippen molar-refractivity contribution in [3.8, 4) is 5.75 Å². The van der Waals surface area contributed by atoms with E-state index in [1.54, 1.807) is 4.90 Å². The highest BCUT2D eigenvalue weighted by molar-refractivity contribution is 9.10. The van der Waals surface area contributed by atoms with Crippen LogP contribution in [0.4, 0.5) is 0 Å². The number of carboxylic acid groups (broad SMARTS) is 1. The molecule has 1 fully saturated rings. The van der Waals surface area contributed by atoms with Crippen molar-refractivity contribution in [2.24, 2.45) is 0 Å². The Bertz CT molecular complexity index is 605.